The second-order valence-corrected chi connectivity index (χ2v) is 7.24. The Kier molecular flexibility index (Phi) is 7.49. The van der Waals surface area contributed by atoms with Crippen molar-refractivity contribution in [1.29, 1.82) is 0 Å². The molecule has 0 spiro atoms. The van der Waals surface area contributed by atoms with Crippen LogP contribution in [0.25, 0.3) is 0 Å². The molecule has 0 bridgehead atoms. The highest BCUT2D eigenvalue weighted by Crippen LogP contribution is 2.31. The van der Waals surface area contributed by atoms with Crippen LogP contribution in [0.15, 0.2) is 24.3 Å². The lowest BCUT2D eigenvalue weighted by Gasteiger charge is -2.30. The van der Waals surface area contributed by atoms with E-state index >= 15 is 0 Å². The van der Waals surface area contributed by atoms with E-state index < -0.39 is 0 Å². The van der Waals surface area contributed by atoms with Crippen LogP contribution in [0.4, 0.5) is 5.69 Å². The first-order chi connectivity index (χ1) is 12.4. The average molecular weight is 360 g/mol. The molecule has 1 N–H and O–H groups in total. The highest BCUT2D eigenvalue weighted by atomic mass is 16.5. The van der Waals surface area contributed by atoms with Crippen molar-refractivity contribution in [1.82, 2.24) is 4.90 Å². The Morgan fingerprint density at radius 3 is 2.08 bits per heavy atom. The lowest BCUT2D eigenvalue weighted by molar-refractivity contribution is -0.137. The number of anilines is 1. The molecule has 1 aromatic carbocycles. The van der Waals surface area contributed by atoms with Crippen LogP contribution in [0, 0.1) is 11.8 Å². The summed E-state index contributed by atoms with van der Waals surface area (Å²) in [5.74, 6) is 1.16. The first-order valence-electron chi connectivity index (χ1n) is 9.80. The number of carbonyl (C=O) groups excluding carboxylic acids is 2. The van der Waals surface area contributed by atoms with Gasteiger partial charge < -0.3 is 15.0 Å². The van der Waals surface area contributed by atoms with E-state index in [9.17, 15) is 9.59 Å². The molecule has 0 radical (unpaired) electrons. The molecule has 0 unspecified atom stereocenters. The Morgan fingerprint density at radius 1 is 1.04 bits per heavy atom. The van der Waals surface area contributed by atoms with Crippen molar-refractivity contribution in [2.24, 2.45) is 11.8 Å². The molecule has 0 atom stereocenters. The number of carbonyl (C=O) groups is 2. The Morgan fingerprint density at radius 2 is 1.58 bits per heavy atom. The number of hydrogen-bond donors (Lipinski definition) is 1. The van der Waals surface area contributed by atoms with E-state index in [0.29, 0.717) is 0 Å². The summed E-state index contributed by atoms with van der Waals surface area (Å²) < 4.78 is 5.61. The zero-order chi connectivity index (χ0) is 19.1. The highest BCUT2D eigenvalue weighted by molar-refractivity contribution is 5.92. The minimum Gasteiger partial charge on any atom is -0.491 e. The molecule has 1 fully saturated rings. The van der Waals surface area contributed by atoms with E-state index in [1.165, 1.54) is 0 Å². The number of ether oxygens (including phenoxy) is 1. The van der Waals surface area contributed by atoms with Gasteiger partial charge in [0, 0.05) is 30.6 Å². The molecular formula is C21H32N2O3. The third-order valence-corrected chi connectivity index (χ3v) is 5.02. The van der Waals surface area contributed by atoms with E-state index in [1.54, 1.807) is 0 Å². The number of rotatable bonds is 7. The predicted molar refractivity (Wildman–Crippen MR) is 104 cm³/mol. The van der Waals surface area contributed by atoms with Gasteiger partial charge in [0.25, 0.3) is 0 Å². The molecule has 1 aliphatic rings. The Hall–Kier alpha value is -2.04. The van der Waals surface area contributed by atoms with Crippen LogP contribution in [-0.4, -0.2) is 35.9 Å². The maximum absolute atomic E-state index is 12.5. The first-order valence-corrected chi connectivity index (χ1v) is 9.80. The second-order valence-electron chi connectivity index (χ2n) is 7.24. The fourth-order valence-corrected chi connectivity index (χ4v) is 3.53. The summed E-state index contributed by atoms with van der Waals surface area (Å²) in [4.78, 5) is 26.9. The topological polar surface area (TPSA) is 58.6 Å². The molecule has 26 heavy (non-hydrogen) atoms. The van der Waals surface area contributed by atoms with Crippen LogP contribution in [0.3, 0.4) is 0 Å². The molecule has 0 heterocycles. The summed E-state index contributed by atoms with van der Waals surface area (Å²) in [6.45, 7) is 9.50. The molecule has 5 heteroatoms. The van der Waals surface area contributed by atoms with Crippen LogP contribution in [0.1, 0.15) is 53.4 Å². The molecular weight excluding hydrogens is 328 g/mol. The molecule has 2 rings (SSSR count). The van der Waals surface area contributed by atoms with Crippen LogP contribution in [0.2, 0.25) is 0 Å². The van der Waals surface area contributed by atoms with Crippen molar-refractivity contribution in [3.8, 4) is 5.75 Å². The standard InChI is InChI=1S/C21H32N2O3/c1-5-23(6-2)21(25)17-9-7-16(8-10-17)20(24)22-18-11-13-19(14-12-18)26-15(3)4/h11-17H,5-10H2,1-4H3,(H,22,24). The fourth-order valence-electron chi connectivity index (χ4n) is 3.53. The van der Waals surface area contributed by atoms with E-state index in [0.717, 1.165) is 50.2 Å². The van der Waals surface area contributed by atoms with Gasteiger partial charge in [-0.2, -0.15) is 0 Å². The first kappa shape index (κ1) is 20.3. The molecule has 0 aromatic heterocycles. The van der Waals surface area contributed by atoms with Gasteiger partial charge >= 0.3 is 0 Å². The van der Waals surface area contributed by atoms with E-state index in [4.69, 9.17) is 4.74 Å². The van der Waals surface area contributed by atoms with Crippen LogP contribution < -0.4 is 10.1 Å². The molecule has 0 saturated heterocycles. The van der Waals surface area contributed by atoms with Crippen molar-refractivity contribution in [3.63, 3.8) is 0 Å². The molecule has 144 valence electrons. The second kappa shape index (κ2) is 9.60. The Balaban J connectivity index is 1.83. The zero-order valence-corrected chi connectivity index (χ0v) is 16.5. The quantitative estimate of drug-likeness (QED) is 0.797. The molecule has 2 amide bonds. The minimum atomic E-state index is -0.0117. The van der Waals surface area contributed by atoms with Gasteiger partial charge in [-0.25, -0.2) is 0 Å². The van der Waals surface area contributed by atoms with Gasteiger partial charge in [-0.1, -0.05) is 0 Å². The van der Waals surface area contributed by atoms with Crippen molar-refractivity contribution in [3.05, 3.63) is 24.3 Å². The van der Waals surface area contributed by atoms with E-state index in [2.05, 4.69) is 5.32 Å². The summed E-state index contributed by atoms with van der Waals surface area (Å²) >= 11 is 0. The monoisotopic (exact) mass is 360 g/mol. The van der Waals surface area contributed by atoms with Gasteiger partial charge in [0.15, 0.2) is 0 Å². The normalized spacial score (nSPS) is 19.9. The van der Waals surface area contributed by atoms with Gasteiger partial charge in [0.2, 0.25) is 11.8 Å². The largest absolute Gasteiger partial charge is 0.491 e. The van der Waals surface area contributed by atoms with Crippen molar-refractivity contribution >= 4 is 17.5 Å². The molecule has 0 aliphatic heterocycles. The lowest BCUT2D eigenvalue weighted by atomic mass is 9.81. The minimum absolute atomic E-state index is 0.0117. The van der Waals surface area contributed by atoms with E-state index in [-0.39, 0.29) is 29.8 Å². The van der Waals surface area contributed by atoms with Crippen molar-refractivity contribution < 1.29 is 14.3 Å². The Labute approximate surface area is 157 Å². The maximum atomic E-state index is 12.5. The predicted octanol–water partition coefficient (Wildman–Crippen LogP) is 4.09. The SMILES string of the molecule is CCN(CC)C(=O)C1CCC(C(=O)Nc2ccc(OC(C)C)cc2)CC1. The van der Waals surface area contributed by atoms with Crippen LogP contribution >= 0.6 is 0 Å². The number of amides is 2. The maximum Gasteiger partial charge on any atom is 0.227 e. The van der Waals surface area contributed by atoms with Crippen LogP contribution in [-0.2, 0) is 9.59 Å². The summed E-state index contributed by atoms with van der Waals surface area (Å²) in [6.07, 6.45) is 3.28. The Bertz CT molecular complexity index is 586. The summed E-state index contributed by atoms with van der Waals surface area (Å²) in [7, 11) is 0. The van der Waals surface area contributed by atoms with E-state index in [1.807, 2.05) is 56.9 Å². The van der Waals surface area contributed by atoms with Gasteiger partial charge in [0.05, 0.1) is 6.10 Å². The summed E-state index contributed by atoms with van der Waals surface area (Å²) in [5.41, 5.74) is 0.785. The molecule has 1 aromatic rings. The average Bonchev–Trinajstić information content (AvgIpc) is 2.64. The molecule has 1 saturated carbocycles. The lowest BCUT2D eigenvalue weighted by Crippen LogP contribution is -2.38. The summed E-state index contributed by atoms with van der Waals surface area (Å²) in [5, 5.41) is 2.99. The van der Waals surface area contributed by atoms with Crippen molar-refractivity contribution in [2.45, 2.75) is 59.5 Å². The smallest absolute Gasteiger partial charge is 0.227 e. The van der Waals surface area contributed by atoms with Gasteiger partial charge in [-0.3, -0.25) is 9.59 Å². The van der Waals surface area contributed by atoms with Gasteiger partial charge in [-0.05, 0) is 77.6 Å². The summed E-state index contributed by atoms with van der Waals surface area (Å²) in [6, 6.07) is 7.47. The van der Waals surface area contributed by atoms with Gasteiger partial charge in [-0.15, -0.1) is 0 Å². The van der Waals surface area contributed by atoms with Crippen molar-refractivity contribution in [2.75, 3.05) is 18.4 Å². The number of hydrogen-bond acceptors (Lipinski definition) is 3. The molecule has 1 aliphatic carbocycles. The number of nitrogens with zero attached hydrogens (tertiary/aromatic N) is 1. The van der Waals surface area contributed by atoms with Gasteiger partial charge in [0.1, 0.15) is 5.75 Å². The molecule has 5 nitrogen and oxygen atoms in total. The third kappa shape index (κ3) is 5.48. The van der Waals surface area contributed by atoms with Crippen LogP contribution in [0.5, 0.6) is 5.75 Å². The number of benzene rings is 1. The zero-order valence-electron chi connectivity index (χ0n) is 16.5. The number of nitrogens with one attached hydrogen (secondary N) is 1. The fraction of sp³-hybridized carbons (Fsp3) is 0.619. The third-order valence-electron chi connectivity index (χ3n) is 5.02. The highest BCUT2D eigenvalue weighted by Gasteiger charge is 2.31.